The molecule has 1 rings (SSSR count). The van der Waals surface area contributed by atoms with Crippen molar-refractivity contribution in [3.63, 3.8) is 0 Å². The number of aliphatic hydroxyl groups is 1. The Morgan fingerprint density at radius 1 is 1.32 bits per heavy atom. The second-order valence-corrected chi connectivity index (χ2v) is 5.85. The average Bonchev–Trinajstić information content (AvgIpc) is 2.34. The van der Waals surface area contributed by atoms with Gasteiger partial charge < -0.3 is 10.2 Å². The molecule has 0 unspecified atom stereocenters. The number of sulfonamides is 1. The van der Waals surface area contributed by atoms with Crippen molar-refractivity contribution in [2.45, 2.75) is 24.7 Å². The van der Waals surface area contributed by atoms with Crippen molar-refractivity contribution in [1.82, 2.24) is 4.72 Å². The molecule has 0 heterocycles. The van der Waals surface area contributed by atoms with Crippen molar-refractivity contribution in [3.8, 4) is 0 Å². The quantitative estimate of drug-likeness (QED) is 0.642. The lowest BCUT2D eigenvalue weighted by Gasteiger charge is -2.09. The molecule has 3 N–H and O–H groups in total. The second kappa shape index (κ2) is 6.65. The van der Waals surface area contributed by atoms with Gasteiger partial charge in [-0.05, 0) is 37.5 Å². The number of carboxylic acids is 1. The van der Waals surface area contributed by atoms with Gasteiger partial charge in [-0.3, -0.25) is 0 Å². The molecule has 7 heteroatoms. The predicted molar refractivity (Wildman–Crippen MR) is 69.6 cm³/mol. The molecule has 0 aliphatic carbocycles. The van der Waals surface area contributed by atoms with E-state index in [-0.39, 0.29) is 23.6 Å². The van der Waals surface area contributed by atoms with Gasteiger partial charge in [0.25, 0.3) is 0 Å². The van der Waals surface area contributed by atoms with Crippen LogP contribution in [0.25, 0.3) is 0 Å². The molecular formula is C12H17NO5S. The van der Waals surface area contributed by atoms with Gasteiger partial charge in [-0.1, -0.05) is 6.07 Å². The van der Waals surface area contributed by atoms with E-state index < -0.39 is 16.0 Å². The van der Waals surface area contributed by atoms with Gasteiger partial charge in [-0.25, -0.2) is 17.9 Å². The van der Waals surface area contributed by atoms with Gasteiger partial charge in [0.1, 0.15) is 0 Å². The van der Waals surface area contributed by atoms with Crippen molar-refractivity contribution >= 4 is 16.0 Å². The summed E-state index contributed by atoms with van der Waals surface area (Å²) in [5.74, 6) is -1.17. The molecule has 0 radical (unpaired) electrons. The van der Waals surface area contributed by atoms with E-state index in [1.165, 1.54) is 12.1 Å². The summed E-state index contributed by atoms with van der Waals surface area (Å²) in [4.78, 5) is 10.8. The van der Waals surface area contributed by atoms with E-state index >= 15 is 0 Å². The summed E-state index contributed by atoms with van der Waals surface area (Å²) in [5.41, 5.74) is 0.418. The van der Waals surface area contributed by atoms with Crippen LogP contribution in [0.2, 0.25) is 0 Å². The number of carboxylic acid groups (broad SMARTS) is 1. The van der Waals surface area contributed by atoms with Crippen LogP contribution in [-0.4, -0.2) is 37.8 Å². The molecule has 19 heavy (non-hydrogen) atoms. The van der Waals surface area contributed by atoms with Crippen molar-refractivity contribution in [3.05, 3.63) is 29.3 Å². The standard InChI is InChI=1S/C12H17NO5S/c1-9-4-5-10(12(15)16)8-11(9)19(17,18)13-6-2-3-7-14/h4-5,8,13-14H,2-3,6-7H2,1H3,(H,15,16). The minimum Gasteiger partial charge on any atom is -0.478 e. The minimum atomic E-state index is -3.72. The molecule has 1 aromatic rings. The predicted octanol–water partition coefficient (Wildman–Crippen LogP) is 0.744. The molecule has 6 nitrogen and oxygen atoms in total. The molecule has 106 valence electrons. The Balaban J connectivity index is 2.94. The van der Waals surface area contributed by atoms with Gasteiger partial charge in [-0.15, -0.1) is 0 Å². The summed E-state index contributed by atoms with van der Waals surface area (Å²) in [5, 5.41) is 17.5. The lowest BCUT2D eigenvalue weighted by atomic mass is 10.1. The maximum absolute atomic E-state index is 12.0. The maximum Gasteiger partial charge on any atom is 0.335 e. The normalized spacial score (nSPS) is 11.5. The number of aromatic carboxylic acids is 1. The number of hydrogen-bond acceptors (Lipinski definition) is 4. The van der Waals surface area contributed by atoms with Crippen molar-refractivity contribution in [2.24, 2.45) is 0 Å². The van der Waals surface area contributed by atoms with Gasteiger partial charge in [-0.2, -0.15) is 0 Å². The molecule has 0 aromatic heterocycles. The molecule has 0 atom stereocenters. The van der Waals surface area contributed by atoms with Gasteiger partial charge in [0, 0.05) is 13.2 Å². The van der Waals surface area contributed by atoms with E-state index in [1.807, 2.05) is 0 Å². The van der Waals surface area contributed by atoms with Crippen molar-refractivity contribution in [2.75, 3.05) is 13.2 Å². The monoisotopic (exact) mass is 287 g/mol. The largest absolute Gasteiger partial charge is 0.478 e. The Bertz CT molecular complexity index is 553. The molecule has 0 amide bonds. The van der Waals surface area contributed by atoms with Crippen LogP contribution in [0, 0.1) is 6.92 Å². The van der Waals surface area contributed by atoms with E-state index in [0.717, 1.165) is 6.07 Å². The van der Waals surface area contributed by atoms with E-state index in [9.17, 15) is 13.2 Å². The first-order valence-electron chi connectivity index (χ1n) is 5.83. The summed E-state index contributed by atoms with van der Waals surface area (Å²) in [7, 11) is -3.72. The average molecular weight is 287 g/mol. The summed E-state index contributed by atoms with van der Waals surface area (Å²) in [6, 6.07) is 3.97. The Kier molecular flexibility index (Phi) is 5.46. The third kappa shape index (κ3) is 4.30. The highest BCUT2D eigenvalue weighted by atomic mass is 32.2. The van der Waals surface area contributed by atoms with Crippen LogP contribution < -0.4 is 4.72 Å². The number of benzene rings is 1. The van der Waals surface area contributed by atoms with Crippen LogP contribution in [0.5, 0.6) is 0 Å². The highest BCUT2D eigenvalue weighted by molar-refractivity contribution is 7.89. The van der Waals surface area contributed by atoms with Gasteiger partial charge in [0.2, 0.25) is 10.0 Å². The topological polar surface area (TPSA) is 104 Å². The van der Waals surface area contributed by atoms with Crippen molar-refractivity contribution < 1.29 is 23.4 Å². The second-order valence-electron chi connectivity index (χ2n) is 4.11. The number of aryl methyl sites for hydroxylation is 1. The fourth-order valence-corrected chi connectivity index (χ4v) is 2.89. The van der Waals surface area contributed by atoms with Crippen LogP contribution in [0.3, 0.4) is 0 Å². The van der Waals surface area contributed by atoms with E-state index in [0.29, 0.717) is 18.4 Å². The summed E-state index contributed by atoms with van der Waals surface area (Å²) >= 11 is 0. The summed E-state index contributed by atoms with van der Waals surface area (Å²) in [6.07, 6.45) is 1.03. The van der Waals surface area contributed by atoms with Crippen LogP contribution in [-0.2, 0) is 10.0 Å². The first-order valence-corrected chi connectivity index (χ1v) is 7.31. The Labute approximate surface area is 112 Å². The van der Waals surface area contributed by atoms with Crippen LogP contribution >= 0.6 is 0 Å². The Morgan fingerprint density at radius 3 is 2.58 bits per heavy atom. The van der Waals surface area contributed by atoms with E-state index in [1.54, 1.807) is 6.92 Å². The highest BCUT2D eigenvalue weighted by Crippen LogP contribution is 2.17. The maximum atomic E-state index is 12.0. The molecule has 0 saturated heterocycles. The molecule has 0 saturated carbocycles. The first-order chi connectivity index (χ1) is 8.88. The zero-order valence-corrected chi connectivity index (χ0v) is 11.4. The fourth-order valence-electron chi connectivity index (χ4n) is 1.54. The zero-order chi connectivity index (χ0) is 14.5. The van der Waals surface area contributed by atoms with E-state index in [2.05, 4.69) is 4.72 Å². The molecular weight excluding hydrogens is 270 g/mol. The Morgan fingerprint density at radius 2 is 2.00 bits per heavy atom. The van der Waals surface area contributed by atoms with Gasteiger partial charge >= 0.3 is 5.97 Å². The molecule has 0 aliphatic rings. The highest BCUT2D eigenvalue weighted by Gasteiger charge is 2.18. The zero-order valence-electron chi connectivity index (χ0n) is 10.6. The third-order valence-corrected chi connectivity index (χ3v) is 4.20. The summed E-state index contributed by atoms with van der Waals surface area (Å²) in [6.45, 7) is 1.82. The van der Waals surface area contributed by atoms with Gasteiger partial charge in [0.05, 0.1) is 10.5 Å². The minimum absolute atomic E-state index is 0.00918. The van der Waals surface area contributed by atoms with Crippen LogP contribution in [0.4, 0.5) is 0 Å². The molecule has 0 bridgehead atoms. The molecule has 0 fully saturated rings. The SMILES string of the molecule is Cc1ccc(C(=O)O)cc1S(=O)(=O)NCCCCO. The molecule has 1 aromatic carbocycles. The summed E-state index contributed by atoms with van der Waals surface area (Å²) < 4.78 is 26.4. The molecule has 0 aliphatic heterocycles. The fraction of sp³-hybridized carbons (Fsp3) is 0.417. The number of aliphatic hydroxyl groups excluding tert-OH is 1. The lowest BCUT2D eigenvalue weighted by molar-refractivity contribution is 0.0696. The smallest absolute Gasteiger partial charge is 0.335 e. The van der Waals surface area contributed by atoms with Gasteiger partial charge in [0.15, 0.2) is 0 Å². The number of hydrogen-bond donors (Lipinski definition) is 3. The van der Waals surface area contributed by atoms with Crippen LogP contribution in [0.15, 0.2) is 23.1 Å². The molecule has 0 spiro atoms. The van der Waals surface area contributed by atoms with E-state index in [4.69, 9.17) is 10.2 Å². The number of rotatable bonds is 7. The third-order valence-electron chi connectivity index (χ3n) is 2.60. The number of nitrogens with one attached hydrogen (secondary N) is 1. The van der Waals surface area contributed by atoms with Crippen molar-refractivity contribution in [1.29, 1.82) is 0 Å². The number of carbonyl (C=O) groups is 1. The first kappa shape index (κ1) is 15.6. The number of unbranched alkanes of at least 4 members (excludes halogenated alkanes) is 1. The van der Waals surface area contributed by atoms with Crippen LogP contribution in [0.1, 0.15) is 28.8 Å². The Hall–Kier alpha value is -1.44. The lowest BCUT2D eigenvalue weighted by Crippen LogP contribution is -2.26.